The van der Waals surface area contributed by atoms with E-state index >= 15 is 0 Å². The van der Waals surface area contributed by atoms with Gasteiger partial charge in [0.25, 0.3) is 0 Å². The zero-order valence-electron chi connectivity index (χ0n) is 25.6. The number of furan rings is 1. The van der Waals surface area contributed by atoms with Crippen LogP contribution in [0.25, 0.3) is 76.5 Å². The fourth-order valence-electron chi connectivity index (χ4n) is 5.56. The van der Waals surface area contributed by atoms with Crippen LogP contribution in [0.3, 0.4) is 0 Å². The Balaban J connectivity index is 1.47. The molecule has 1 aromatic heterocycles. The van der Waals surface area contributed by atoms with Crippen molar-refractivity contribution in [3.63, 3.8) is 0 Å². The first-order valence-electron chi connectivity index (χ1n) is 15.2. The van der Waals surface area contributed by atoms with E-state index < -0.39 is 12.1 Å². The first-order chi connectivity index (χ1) is 20.9. The van der Waals surface area contributed by atoms with Crippen LogP contribution in [0, 0.1) is 0 Å². The van der Waals surface area contributed by atoms with E-state index in [1.165, 1.54) is 5.56 Å². The Kier molecular flexibility index (Phi) is 3.23. The van der Waals surface area contributed by atoms with E-state index in [-0.39, 0.29) is 40.5 Å². The topological polar surface area (TPSA) is 13.1 Å². The molecule has 7 aromatic carbocycles. The van der Waals surface area contributed by atoms with Crippen LogP contribution >= 0.6 is 0 Å². The van der Waals surface area contributed by atoms with Crippen LogP contribution < -0.4 is 0 Å². The molecule has 0 bridgehead atoms. The number of hydrogen-bond donors (Lipinski definition) is 0. The summed E-state index contributed by atoms with van der Waals surface area (Å²) in [5, 5.41) is 5.46. The monoisotopic (exact) mass is 476 g/mol. The van der Waals surface area contributed by atoms with Crippen molar-refractivity contribution in [1.82, 2.24) is 0 Å². The van der Waals surface area contributed by atoms with E-state index in [0.717, 1.165) is 38.2 Å². The molecule has 8 rings (SSSR count). The van der Waals surface area contributed by atoms with Crippen molar-refractivity contribution in [2.45, 2.75) is 0 Å². The van der Waals surface area contributed by atoms with Crippen molar-refractivity contribution in [2.75, 3.05) is 0 Å². The fourth-order valence-corrected chi connectivity index (χ4v) is 5.56. The molecule has 0 fully saturated rings. The number of benzene rings is 7. The summed E-state index contributed by atoms with van der Waals surface area (Å²) in [5.41, 5.74) is 4.91. The lowest BCUT2D eigenvalue weighted by Crippen LogP contribution is -1.90. The third-order valence-electron chi connectivity index (χ3n) is 7.15. The zero-order chi connectivity index (χ0) is 29.6. The van der Waals surface area contributed by atoms with Crippen LogP contribution in [0.4, 0.5) is 0 Å². The zero-order valence-corrected chi connectivity index (χ0v) is 19.6. The minimum absolute atomic E-state index is 0.00346. The number of rotatable bonds is 2. The fraction of sp³-hybridized carbons (Fsp3) is 0. The Bertz CT molecular complexity index is 2410. The third-order valence-corrected chi connectivity index (χ3v) is 7.15. The molecule has 0 aliphatic rings. The first-order valence-corrected chi connectivity index (χ1v) is 12.2. The van der Waals surface area contributed by atoms with Gasteiger partial charge in [-0.2, -0.15) is 0 Å². The molecule has 1 heteroatoms. The first kappa shape index (κ1) is 15.3. The maximum Gasteiger partial charge on any atom is 0.136 e. The molecule has 0 spiro atoms. The third kappa shape index (κ3) is 3.04. The van der Waals surface area contributed by atoms with Crippen LogP contribution in [-0.4, -0.2) is 0 Å². The molecule has 0 aliphatic carbocycles. The lowest BCUT2D eigenvalue weighted by atomic mass is 9.86. The smallest absolute Gasteiger partial charge is 0.136 e. The van der Waals surface area contributed by atoms with Gasteiger partial charge >= 0.3 is 0 Å². The highest BCUT2D eigenvalue weighted by Crippen LogP contribution is 2.44. The average Bonchev–Trinajstić information content (AvgIpc) is 3.43. The summed E-state index contributed by atoms with van der Waals surface area (Å²) in [6.07, 6.45) is 0. The molecule has 0 N–H and O–H groups in total. The molecule has 172 valence electrons. The van der Waals surface area contributed by atoms with E-state index in [9.17, 15) is 0 Å². The van der Waals surface area contributed by atoms with Crippen molar-refractivity contribution in [2.24, 2.45) is 0 Å². The maximum absolute atomic E-state index is 8.98. The molecule has 0 amide bonds. The summed E-state index contributed by atoms with van der Waals surface area (Å²) in [6.45, 7) is 0. The second-order valence-corrected chi connectivity index (χ2v) is 9.22. The summed E-state index contributed by atoms with van der Waals surface area (Å²) in [7, 11) is 0. The largest absolute Gasteiger partial charge is 0.456 e. The van der Waals surface area contributed by atoms with Crippen LogP contribution in [-0.2, 0) is 0 Å². The van der Waals surface area contributed by atoms with Gasteiger partial charge in [-0.15, -0.1) is 0 Å². The van der Waals surface area contributed by atoms with Gasteiger partial charge in [-0.3, -0.25) is 0 Å². The average molecular weight is 477 g/mol. The van der Waals surface area contributed by atoms with Gasteiger partial charge in [0, 0.05) is 10.8 Å². The van der Waals surface area contributed by atoms with E-state index in [2.05, 4.69) is 60.7 Å². The van der Waals surface area contributed by atoms with Crippen LogP contribution in [0.2, 0.25) is 0 Å². The molecule has 0 unspecified atom stereocenters. The predicted molar refractivity (Wildman–Crippen MR) is 157 cm³/mol. The second-order valence-electron chi connectivity index (χ2n) is 9.22. The summed E-state index contributed by atoms with van der Waals surface area (Å²) < 4.78 is 57.2. The van der Waals surface area contributed by atoms with Crippen molar-refractivity contribution < 1.29 is 12.6 Å². The summed E-state index contributed by atoms with van der Waals surface area (Å²) in [4.78, 5) is 0. The van der Waals surface area contributed by atoms with Crippen LogP contribution in [0.5, 0.6) is 0 Å². The molecule has 8 aromatic rings. The SMILES string of the molecule is [2H]c1c([2H])c([2H])c2c([2H])c3c(oc4cc(-c5c6ccccc6c(-c6ccccc6)c6ccccc56)ccc43)c([2H])c2c1[2H]. The van der Waals surface area contributed by atoms with E-state index in [1.807, 2.05) is 36.4 Å². The molecule has 0 radical (unpaired) electrons. The standard InChI is InChI=1S/C36H22O/c1-2-10-23(11-3-1)35-28-14-6-8-16-30(28)36(31-17-9-7-15-29(31)35)26-18-19-27-32-20-24-12-4-5-13-25(24)21-34(32)37-33(27)22-26/h1-22H/i4D,5D,12D,13D,20D,21D. The molecule has 0 saturated carbocycles. The summed E-state index contributed by atoms with van der Waals surface area (Å²) in [6, 6.07) is 31.2. The van der Waals surface area contributed by atoms with E-state index in [0.29, 0.717) is 16.4 Å². The molecule has 37 heavy (non-hydrogen) atoms. The minimum atomic E-state index is -0.430. The van der Waals surface area contributed by atoms with Crippen LogP contribution in [0.15, 0.2) is 138 Å². The Morgan fingerprint density at radius 3 is 1.68 bits per heavy atom. The Morgan fingerprint density at radius 1 is 0.459 bits per heavy atom. The van der Waals surface area contributed by atoms with Gasteiger partial charge in [0.1, 0.15) is 11.2 Å². The minimum Gasteiger partial charge on any atom is -0.456 e. The highest BCUT2D eigenvalue weighted by atomic mass is 16.3. The second kappa shape index (κ2) is 7.81. The lowest BCUT2D eigenvalue weighted by molar-refractivity contribution is 0.669. The normalized spacial score (nSPS) is 14.1. The molecular formula is C36H22O. The van der Waals surface area contributed by atoms with Crippen molar-refractivity contribution in [3.05, 3.63) is 133 Å². The van der Waals surface area contributed by atoms with Crippen molar-refractivity contribution in [3.8, 4) is 22.3 Å². The number of hydrogen-bond acceptors (Lipinski definition) is 1. The van der Waals surface area contributed by atoms with Gasteiger partial charge in [-0.1, -0.05) is 109 Å². The Hall–Kier alpha value is -4.88. The highest BCUT2D eigenvalue weighted by Gasteiger charge is 2.17. The molecule has 0 aliphatic heterocycles. The quantitative estimate of drug-likeness (QED) is 0.226. The molecule has 1 heterocycles. The summed E-state index contributed by atoms with van der Waals surface area (Å²) in [5.74, 6) is 0. The van der Waals surface area contributed by atoms with Gasteiger partial charge in [-0.25, -0.2) is 0 Å². The summed E-state index contributed by atoms with van der Waals surface area (Å²) >= 11 is 0. The number of fused-ring (bicyclic) bond motifs is 6. The maximum atomic E-state index is 8.98. The van der Waals surface area contributed by atoms with Crippen LogP contribution in [0.1, 0.15) is 8.22 Å². The van der Waals surface area contributed by atoms with Gasteiger partial charge in [0.15, 0.2) is 0 Å². The predicted octanol–water partition coefficient (Wildman–Crippen LogP) is 10.4. The van der Waals surface area contributed by atoms with Gasteiger partial charge in [0.2, 0.25) is 0 Å². The van der Waals surface area contributed by atoms with Gasteiger partial charge in [0.05, 0.1) is 8.22 Å². The van der Waals surface area contributed by atoms with Crippen molar-refractivity contribution in [1.29, 1.82) is 0 Å². The van der Waals surface area contributed by atoms with Gasteiger partial charge < -0.3 is 4.42 Å². The Morgan fingerprint density at radius 2 is 1.03 bits per heavy atom. The highest BCUT2D eigenvalue weighted by molar-refractivity contribution is 6.22. The lowest BCUT2D eigenvalue weighted by Gasteiger charge is -2.17. The molecular weight excluding hydrogens is 448 g/mol. The molecule has 0 saturated heterocycles. The van der Waals surface area contributed by atoms with Gasteiger partial charge in [-0.05, 0) is 78.8 Å². The Labute approximate surface area is 222 Å². The molecule has 0 atom stereocenters. The van der Waals surface area contributed by atoms with E-state index in [4.69, 9.17) is 12.6 Å². The van der Waals surface area contributed by atoms with Crippen molar-refractivity contribution >= 4 is 54.3 Å². The molecule has 1 nitrogen and oxygen atoms in total. The van der Waals surface area contributed by atoms with E-state index in [1.54, 1.807) is 0 Å².